The third-order valence-electron chi connectivity index (χ3n) is 6.96. The summed E-state index contributed by atoms with van der Waals surface area (Å²) in [6, 6.07) is 22.8. The lowest BCUT2D eigenvalue weighted by molar-refractivity contribution is 0.0547. The van der Waals surface area contributed by atoms with E-state index in [1.165, 1.54) is 23.1 Å². The second-order valence-corrected chi connectivity index (χ2v) is 9.88. The Labute approximate surface area is 200 Å². The number of benzene rings is 3. The standard InChI is InChI=1S/C29H29NO2S/c1-33-27-24(18-21-13-7-3-8-14-21)22(17-20-11-5-2-6-12-20)19-25-26(27)29(32)30(28(25)31)23-15-9-4-10-16-23/h2-3,5-8,11-14,19,23H,4,9-10,15-18H2,1H3. The molecule has 2 aliphatic rings. The highest BCUT2D eigenvalue weighted by Gasteiger charge is 2.42. The first-order chi connectivity index (χ1) is 16.2. The summed E-state index contributed by atoms with van der Waals surface area (Å²) >= 11 is 1.60. The molecule has 0 aromatic heterocycles. The summed E-state index contributed by atoms with van der Waals surface area (Å²) in [4.78, 5) is 29.8. The maximum absolute atomic E-state index is 13.7. The van der Waals surface area contributed by atoms with Crippen molar-refractivity contribution in [3.63, 3.8) is 0 Å². The van der Waals surface area contributed by atoms with Gasteiger partial charge in [0.1, 0.15) is 0 Å². The van der Waals surface area contributed by atoms with Gasteiger partial charge in [-0.2, -0.15) is 0 Å². The van der Waals surface area contributed by atoms with Crippen LogP contribution in [0.1, 0.15) is 75.1 Å². The van der Waals surface area contributed by atoms with Crippen molar-refractivity contribution in [3.8, 4) is 0 Å². The van der Waals surface area contributed by atoms with Crippen molar-refractivity contribution in [3.05, 3.63) is 100 Å². The van der Waals surface area contributed by atoms with Crippen molar-refractivity contribution in [1.29, 1.82) is 0 Å². The molecule has 0 spiro atoms. The van der Waals surface area contributed by atoms with Crippen LogP contribution in [0.15, 0.2) is 71.6 Å². The lowest BCUT2D eigenvalue weighted by Crippen LogP contribution is -2.40. The molecule has 5 rings (SSSR count). The second-order valence-electron chi connectivity index (χ2n) is 9.07. The molecule has 1 saturated carbocycles. The summed E-state index contributed by atoms with van der Waals surface area (Å²) < 4.78 is 0. The van der Waals surface area contributed by atoms with Gasteiger partial charge in [0.25, 0.3) is 11.8 Å². The molecule has 4 heteroatoms. The minimum absolute atomic E-state index is 0.0380. The van der Waals surface area contributed by atoms with Gasteiger partial charge in [-0.3, -0.25) is 14.5 Å². The van der Waals surface area contributed by atoms with Crippen LogP contribution in [-0.2, 0) is 12.8 Å². The van der Waals surface area contributed by atoms with Gasteiger partial charge in [0.15, 0.2) is 0 Å². The van der Waals surface area contributed by atoms with Crippen LogP contribution in [0.4, 0.5) is 0 Å². The van der Waals surface area contributed by atoms with E-state index >= 15 is 0 Å². The van der Waals surface area contributed by atoms with Crippen LogP contribution >= 0.6 is 11.8 Å². The summed E-state index contributed by atoms with van der Waals surface area (Å²) in [5, 5.41) is 0. The molecule has 2 amide bonds. The highest BCUT2D eigenvalue weighted by Crippen LogP contribution is 2.40. The smallest absolute Gasteiger partial charge is 0.262 e. The van der Waals surface area contributed by atoms with Crippen molar-refractivity contribution in [2.24, 2.45) is 0 Å². The number of hydrogen-bond donors (Lipinski definition) is 0. The lowest BCUT2D eigenvalue weighted by Gasteiger charge is -2.29. The zero-order valence-electron chi connectivity index (χ0n) is 19.0. The Hall–Kier alpha value is -2.85. The predicted octanol–water partition coefficient (Wildman–Crippen LogP) is 6.52. The Bertz CT molecular complexity index is 1170. The molecule has 3 aromatic rings. The Morgan fingerprint density at radius 2 is 1.42 bits per heavy atom. The van der Waals surface area contributed by atoms with Crippen molar-refractivity contribution >= 4 is 23.6 Å². The predicted molar refractivity (Wildman–Crippen MR) is 134 cm³/mol. The average Bonchev–Trinajstić information content (AvgIpc) is 3.10. The van der Waals surface area contributed by atoms with Gasteiger partial charge in [-0.25, -0.2) is 0 Å². The number of thioether (sulfide) groups is 1. The topological polar surface area (TPSA) is 37.4 Å². The molecule has 3 nitrogen and oxygen atoms in total. The Morgan fingerprint density at radius 1 is 0.818 bits per heavy atom. The minimum Gasteiger partial charge on any atom is -0.271 e. The highest BCUT2D eigenvalue weighted by molar-refractivity contribution is 7.98. The molecule has 33 heavy (non-hydrogen) atoms. The zero-order valence-corrected chi connectivity index (χ0v) is 19.9. The Balaban J connectivity index is 1.63. The average molecular weight is 456 g/mol. The van der Waals surface area contributed by atoms with Crippen LogP contribution in [0.5, 0.6) is 0 Å². The lowest BCUT2D eigenvalue weighted by atomic mass is 9.91. The fraction of sp³-hybridized carbons (Fsp3) is 0.310. The van der Waals surface area contributed by atoms with E-state index < -0.39 is 0 Å². The Kier molecular flexibility index (Phi) is 6.37. The monoisotopic (exact) mass is 455 g/mol. The third-order valence-corrected chi connectivity index (χ3v) is 7.82. The van der Waals surface area contributed by atoms with Gasteiger partial charge in [-0.15, -0.1) is 11.8 Å². The van der Waals surface area contributed by atoms with E-state index in [4.69, 9.17) is 0 Å². The molecule has 1 fully saturated rings. The van der Waals surface area contributed by atoms with Gasteiger partial charge in [0.2, 0.25) is 0 Å². The SMILES string of the molecule is CSc1c(Cc2ccccc2)c(Cc2ccccc2)cc2c1C(=O)N(C1CCCCC1)C2=O. The highest BCUT2D eigenvalue weighted by atomic mass is 32.2. The number of rotatable bonds is 6. The van der Waals surface area contributed by atoms with Gasteiger partial charge >= 0.3 is 0 Å². The van der Waals surface area contributed by atoms with Crippen molar-refractivity contribution in [2.75, 3.05) is 6.26 Å². The molecule has 168 valence electrons. The van der Waals surface area contributed by atoms with E-state index in [0.29, 0.717) is 11.1 Å². The van der Waals surface area contributed by atoms with Crippen LogP contribution < -0.4 is 0 Å². The molecule has 0 radical (unpaired) electrons. The summed E-state index contributed by atoms with van der Waals surface area (Å²) in [5.74, 6) is -0.190. The first kappa shape index (κ1) is 22.0. The van der Waals surface area contributed by atoms with Crippen LogP contribution in [0.2, 0.25) is 0 Å². The third kappa shape index (κ3) is 4.24. The van der Waals surface area contributed by atoms with Crippen LogP contribution in [0, 0.1) is 0 Å². The number of carbonyl (C=O) groups is 2. The fourth-order valence-electron chi connectivity index (χ4n) is 5.34. The van der Waals surface area contributed by atoms with Crippen molar-refractivity contribution < 1.29 is 9.59 Å². The van der Waals surface area contributed by atoms with Crippen LogP contribution in [0.3, 0.4) is 0 Å². The Morgan fingerprint density at radius 3 is 2.03 bits per heavy atom. The van der Waals surface area contributed by atoms with Crippen LogP contribution in [0.25, 0.3) is 0 Å². The second kappa shape index (κ2) is 9.56. The van der Waals surface area contributed by atoms with E-state index in [1.807, 2.05) is 24.5 Å². The molecule has 0 bridgehead atoms. The molecule has 1 heterocycles. The van der Waals surface area contributed by atoms with E-state index in [1.54, 1.807) is 16.7 Å². The number of imide groups is 1. The molecule has 1 aliphatic carbocycles. The van der Waals surface area contributed by atoms with Crippen LogP contribution in [-0.4, -0.2) is 29.0 Å². The summed E-state index contributed by atoms with van der Waals surface area (Å²) in [5.41, 5.74) is 5.95. The summed E-state index contributed by atoms with van der Waals surface area (Å²) in [7, 11) is 0. The minimum atomic E-state index is -0.0993. The molecule has 0 atom stereocenters. The first-order valence-electron chi connectivity index (χ1n) is 11.9. The number of nitrogens with zero attached hydrogens (tertiary/aromatic N) is 1. The first-order valence-corrected chi connectivity index (χ1v) is 13.1. The maximum Gasteiger partial charge on any atom is 0.262 e. The quantitative estimate of drug-likeness (QED) is 0.314. The van der Waals surface area contributed by atoms with E-state index in [2.05, 4.69) is 48.5 Å². The molecule has 3 aromatic carbocycles. The largest absolute Gasteiger partial charge is 0.271 e. The number of fused-ring (bicyclic) bond motifs is 1. The van der Waals surface area contributed by atoms with Gasteiger partial charge in [0, 0.05) is 10.9 Å². The molecule has 0 saturated heterocycles. The number of hydrogen-bond acceptors (Lipinski definition) is 3. The van der Waals surface area contributed by atoms with Gasteiger partial charge in [-0.05, 0) is 60.3 Å². The molecular formula is C29H29NO2S. The van der Waals surface area contributed by atoms with Gasteiger partial charge in [0.05, 0.1) is 11.1 Å². The van der Waals surface area contributed by atoms with Crippen molar-refractivity contribution in [1.82, 2.24) is 4.90 Å². The number of carbonyl (C=O) groups excluding carboxylic acids is 2. The summed E-state index contributed by atoms with van der Waals surface area (Å²) in [6.45, 7) is 0. The molecule has 1 aliphatic heterocycles. The molecular weight excluding hydrogens is 426 g/mol. The van der Waals surface area contributed by atoms with Gasteiger partial charge in [-0.1, -0.05) is 79.9 Å². The fourth-order valence-corrected chi connectivity index (χ4v) is 6.19. The molecule has 0 unspecified atom stereocenters. The summed E-state index contributed by atoms with van der Waals surface area (Å²) in [6.07, 6.45) is 8.74. The normalized spacial score (nSPS) is 16.3. The molecule has 0 N–H and O–H groups in total. The van der Waals surface area contributed by atoms with E-state index in [-0.39, 0.29) is 17.9 Å². The van der Waals surface area contributed by atoms with Gasteiger partial charge < -0.3 is 0 Å². The van der Waals surface area contributed by atoms with E-state index in [9.17, 15) is 9.59 Å². The van der Waals surface area contributed by atoms with E-state index in [0.717, 1.165) is 49.0 Å². The van der Waals surface area contributed by atoms with Crippen molar-refractivity contribution in [2.45, 2.75) is 55.9 Å². The zero-order chi connectivity index (χ0) is 22.8. The maximum atomic E-state index is 13.7. The number of amides is 2.